The van der Waals surface area contributed by atoms with Crippen LogP contribution in [0.1, 0.15) is 20.3 Å². The molecule has 0 aliphatic heterocycles. The zero-order chi connectivity index (χ0) is 10.3. The van der Waals surface area contributed by atoms with Crippen LogP contribution in [0.25, 0.3) is 0 Å². The number of rotatable bonds is 5. The Morgan fingerprint density at radius 3 is 1.71 bits per heavy atom. The maximum Gasteiger partial charge on any atom is 0.302 e. The summed E-state index contributed by atoms with van der Waals surface area (Å²) in [6.45, 7) is 6.85. The minimum atomic E-state index is -0.332. The molecular formula is C9H15O4Y-. The Hall–Kier alpha value is 0.0439. The van der Waals surface area contributed by atoms with Gasteiger partial charge < -0.3 is 16.4 Å². The van der Waals surface area contributed by atoms with Crippen LogP contribution in [-0.4, -0.2) is 25.2 Å². The first kappa shape index (κ1) is 16.5. The first-order valence-electron chi connectivity index (χ1n) is 4.12. The van der Waals surface area contributed by atoms with Crippen molar-refractivity contribution in [2.45, 2.75) is 20.3 Å². The van der Waals surface area contributed by atoms with Crippen molar-refractivity contribution in [2.24, 2.45) is 5.92 Å². The second kappa shape index (κ2) is 9.59. The van der Waals surface area contributed by atoms with Gasteiger partial charge >= 0.3 is 11.9 Å². The molecule has 0 atom stereocenters. The molecular weight excluding hydrogens is 261 g/mol. The molecule has 0 amide bonds. The molecule has 5 heteroatoms. The van der Waals surface area contributed by atoms with E-state index in [1.807, 2.05) is 0 Å². The first-order chi connectivity index (χ1) is 6.06. The van der Waals surface area contributed by atoms with Crippen LogP contribution < -0.4 is 0 Å². The van der Waals surface area contributed by atoms with Crippen LogP contribution in [0.3, 0.4) is 0 Å². The Bertz CT molecular complexity index is 164. The number of esters is 2. The summed E-state index contributed by atoms with van der Waals surface area (Å²) >= 11 is 0. The summed E-state index contributed by atoms with van der Waals surface area (Å²) in [4.78, 5) is 20.9. The molecule has 0 aliphatic carbocycles. The number of ether oxygens (including phenoxy) is 2. The molecule has 0 N–H and O–H groups in total. The van der Waals surface area contributed by atoms with E-state index >= 15 is 0 Å². The molecule has 0 aliphatic rings. The molecule has 14 heavy (non-hydrogen) atoms. The van der Waals surface area contributed by atoms with Crippen molar-refractivity contribution in [3.8, 4) is 0 Å². The monoisotopic (exact) mass is 276 g/mol. The fourth-order valence-electron chi connectivity index (χ4n) is 0.685. The average Bonchev–Trinajstić information content (AvgIpc) is 2.04. The van der Waals surface area contributed by atoms with Gasteiger partial charge in [0.1, 0.15) is 0 Å². The molecule has 0 heterocycles. The molecule has 0 rings (SSSR count). The quantitative estimate of drug-likeness (QED) is 0.554. The van der Waals surface area contributed by atoms with Crippen molar-refractivity contribution in [3.05, 3.63) is 6.92 Å². The smallest absolute Gasteiger partial charge is 0.302 e. The number of hydrogen-bond acceptors (Lipinski definition) is 4. The molecule has 79 valence electrons. The summed E-state index contributed by atoms with van der Waals surface area (Å²) in [7, 11) is 0. The van der Waals surface area contributed by atoms with Gasteiger partial charge in [-0.2, -0.15) is 6.42 Å². The van der Waals surface area contributed by atoms with Crippen molar-refractivity contribution >= 4 is 11.9 Å². The third-order valence-electron chi connectivity index (χ3n) is 1.45. The molecule has 0 aromatic carbocycles. The number of hydrogen-bond donors (Lipinski definition) is 0. The Morgan fingerprint density at radius 1 is 1.14 bits per heavy atom. The van der Waals surface area contributed by atoms with E-state index in [1.54, 1.807) is 0 Å². The van der Waals surface area contributed by atoms with E-state index in [0.29, 0.717) is 6.42 Å². The predicted octanol–water partition coefficient (Wildman–Crippen LogP) is 0.950. The standard InChI is InChI=1S/C9H15O4.Y/c1-4-9(5-12-7(2)10)6-13-8(3)11;/h9H,1,4-6H2,2-3H3;/q-1;. The maximum atomic E-state index is 10.5. The van der Waals surface area contributed by atoms with E-state index in [0.717, 1.165) is 0 Å². The van der Waals surface area contributed by atoms with Gasteiger partial charge in [0.2, 0.25) is 0 Å². The SMILES string of the molecule is [CH2-]CC(COC(C)=O)COC(C)=O.[Y]. The van der Waals surface area contributed by atoms with E-state index in [1.165, 1.54) is 13.8 Å². The van der Waals surface area contributed by atoms with Gasteiger partial charge in [-0.15, -0.1) is 0 Å². The largest absolute Gasteiger partial charge is 0.466 e. The molecule has 0 bridgehead atoms. The van der Waals surface area contributed by atoms with Gasteiger partial charge in [-0.1, -0.05) is 0 Å². The normalized spacial score (nSPS) is 9.14. The summed E-state index contributed by atoms with van der Waals surface area (Å²) < 4.78 is 9.51. The summed E-state index contributed by atoms with van der Waals surface area (Å²) in [6.07, 6.45) is 0.570. The fraction of sp³-hybridized carbons (Fsp3) is 0.667. The molecule has 0 fully saturated rings. The summed E-state index contributed by atoms with van der Waals surface area (Å²) in [6, 6.07) is 0. The third kappa shape index (κ3) is 10.1. The number of carbonyl (C=O) groups excluding carboxylic acids is 2. The molecule has 0 saturated heterocycles. The van der Waals surface area contributed by atoms with Crippen molar-refractivity contribution in [1.29, 1.82) is 0 Å². The Kier molecular flexibility index (Phi) is 11.3. The van der Waals surface area contributed by atoms with Crippen molar-refractivity contribution < 1.29 is 51.8 Å². The van der Waals surface area contributed by atoms with Crippen molar-refractivity contribution in [2.75, 3.05) is 13.2 Å². The van der Waals surface area contributed by atoms with Crippen molar-refractivity contribution in [1.82, 2.24) is 0 Å². The summed E-state index contributed by atoms with van der Waals surface area (Å²) in [5.74, 6) is -0.671. The first-order valence-corrected chi connectivity index (χ1v) is 4.12. The van der Waals surface area contributed by atoms with Crippen molar-refractivity contribution in [3.63, 3.8) is 0 Å². The van der Waals surface area contributed by atoms with E-state index in [4.69, 9.17) is 9.47 Å². The predicted molar refractivity (Wildman–Crippen MR) is 46.7 cm³/mol. The van der Waals surface area contributed by atoms with Crippen LogP contribution >= 0.6 is 0 Å². The zero-order valence-electron chi connectivity index (χ0n) is 8.62. The van der Waals surface area contributed by atoms with Gasteiger partial charge in [-0.05, 0) is 0 Å². The van der Waals surface area contributed by atoms with Gasteiger partial charge in [0.05, 0.1) is 13.2 Å². The molecule has 0 spiro atoms. The molecule has 0 aromatic rings. The third-order valence-corrected chi connectivity index (χ3v) is 1.45. The van der Waals surface area contributed by atoms with Crippen LogP contribution in [0.5, 0.6) is 0 Å². The van der Waals surface area contributed by atoms with E-state index in [2.05, 4.69) is 6.92 Å². The number of carbonyl (C=O) groups is 2. The van der Waals surface area contributed by atoms with Crippen LogP contribution in [0.15, 0.2) is 0 Å². The molecule has 0 aromatic heterocycles. The summed E-state index contributed by atoms with van der Waals surface area (Å²) in [5, 5.41) is 0. The van der Waals surface area contributed by atoms with Gasteiger partial charge in [0.15, 0.2) is 0 Å². The second-order valence-electron chi connectivity index (χ2n) is 2.76. The van der Waals surface area contributed by atoms with Gasteiger partial charge in [-0.25, -0.2) is 0 Å². The van der Waals surface area contributed by atoms with Crippen LogP contribution in [0.2, 0.25) is 0 Å². The zero-order valence-corrected chi connectivity index (χ0v) is 11.5. The van der Waals surface area contributed by atoms with Crippen LogP contribution in [-0.2, 0) is 51.8 Å². The fourth-order valence-corrected chi connectivity index (χ4v) is 0.685. The minimum Gasteiger partial charge on any atom is -0.466 e. The van der Waals surface area contributed by atoms with Gasteiger partial charge in [0.25, 0.3) is 0 Å². The summed E-state index contributed by atoms with van der Waals surface area (Å²) in [5.41, 5.74) is 0. The Labute approximate surface area is 110 Å². The molecule has 0 unspecified atom stereocenters. The Balaban J connectivity index is 0. The van der Waals surface area contributed by atoms with E-state index in [-0.39, 0.29) is 63.8 Å². The maximum absolute atomic E-state index is 10.5. The molecule has 4 nitrogen and oxygen atoms in total. The van der Waals surface area contributed by atoms with Gasteiger partial charge in [-0.3, -0.25) is 9.59 Å². The van der Waals surface area contributed by atoms with E-state index in [9.17, 15) is 9.59 Å². The van der Waals surface area contributed by atoms with Crippen LogP contribution in [0, 0.1) is 12.8 Å². The van der Waals surface area contributed by atoms with Crippen LogP contribution in [0.4, 0.5) is 0 Å². The topological polar surface area (TPSA) is 52.6 Å². The van der Waals surface area contributed by atoms with E-state index < -0.39 is 0 Å². The van der Waals surface area contributed by atoms with Gasteiger partial charge in [0, 0.05) is 52.5 Å². The average molecular weight is 276 g/mol. The second-order valence-corrected chi connectivity index (χ2v) is 2.76. The minimum absolute atomic E-state index is 0. The molecule has 0 saturated carbocycles. The molecule has 1 radical (unpaired) electrons. The Morgan fingerprint density at radius 2 is 1.50 bits per heavy atom.